The van der Waals surface area contributed by atoms with Crippen LogP contribution in [0.15, 0.2) is 41.3 Å². The summed E-state index contributed by atoms with van der Waals surface area (Å²) in [5.41, 5.74) is 1.29. The molecule has 0 aromatic heterocycles. The molecule has 24 heavy (non-hydrogen) atoms. The second-order valence-electron chi connectivity index (χ2n) is 5.36. The summed E-state index contributed by atoms with van der Waals surface area (Å²) in [5, 5.41) is 0.531. The van der Waals surface area contributed by atoms with Gasteiger partial charge in [-0.2, -0.15) is 0 Å². The lowest BCUT2D eigenvalue weighted by atomic mass is 10.2. The fourth-order valence-corrected chi connectivity index (χ4v) is 4.36. The number of sulfonamides is 1. The number of fused-ring (bicyclic) bond motifs is 1. The molecule has 0 aliphatic carbocycles. The smallest absolute Gasteiger partial charge is 0.264 e. The van der Waals surface area contributed by atoms with Crippen molar-refractivity contribution in [2.24, 2.45) is 0 Å². The third kappa shape index (κ3) is 2.91. The first-order valence-electron chi connectivity index (χ1n) is 7.62. The van der Waals surface area contributed by atoms with Gasteiger partial charge in [0.05, 0.1) is 10.6 Å². The van der Waals surface area contributed by atoms with Crippen molar-refractivity contribution in [2.75, 3.05) is 24.1 Å². The number of rotatable bonds is 4. The number of halogens is 1. The van der Waals surface area contributed by atoms with Crippen LogP contribution >= 0.6 is 11.6 Å². The van der Waals surface area contributed by atoms with Crippen molar-refractivity contribution in [3.63, 3.8) is 0 Å². The van der Waals surface area contributed by atoms with Crippen molar-refractivity contribution in [1.82, 2.24) is 0 Å². The Kier molecular flexibility index (Phi) is 4.60. The molecule has 0 spiro atoms. The average Bonchev–Trinajstić information content (AvgIpc) is 2.58. The minimum absolute atomic E-state index is 0.160. The normalized spacial score (nSPS) is 13.6. The summed E-state index contributed by atoms with van der Waals surface area (Å²) < 4.78 is 38.5. The lowest BCUT2D eigenvalue weighted by Gasteiger charge is -2.26. The summed E-state index contributed by atoms with van der Waals surface area (Å²) in [4.78, 5) is 0.160. The van der Waals surface area contributed by atoms with Gasteiger partial charge in [0, 0.05) is 17.6 Å². The number of nitrogens with zero attached hydrogens (tertiary/aromatic N) is 1. The molecule has 1 aliphatic rings. The van der Waals surface area contributed by atoms with Crippen LogP contribution in [0.3, 0.4) is 0 Å². The zero-order valence-corrected chi connectivity index (χ0v) is 15.0. The lowest BCUT2D eigenvalue weighted by Crippen LogP contribution is -2.31. The van der Waals surface area contributed by atoms with Crippen molar-refractivity contribution in [3.8, 4) is 11.5 Å². The fraction of sp³-hybridized carbons (Fsp3) is 0.294. The van der Waals surface area contributed by atoms with Gasteiger partial charge in [-0.1, -0.05) is 17.7 Å². The standard InChI is InChI=1S/C17H18ClNO4S/c1-3-19(15-6-4-5-14(18)12(15)2)24(20,21)13-7-8-16-17(11-13)23-10-9-22-16/h4-8,11H,3,9-10H2,1-2H3. The molecule has 0 bridgehead atoms. The molecule has 0 atom stereocenters. The maximum atomic E-state index is 13.1. The van der Waals surface area contributed by atoms with E-state index < -0.39 is 10.0 Å². The Morgan fingerprint density at radius 2 is 1.83 bits per heavy atom. The zero-order chi connectivity index (χ0) is 17.3. The topological polar surface area (TPSA) is 55.8 Å². The molecule has 3 rings (SSSR count). The van der Waals surface area contributed by atoms with E-state index in [1.807, 2.05) is 0 Å². The highest BCUT2D eigenvalue weighted by atomic mass is 35.5. The molecule has 128 valence electrons. The summed E-state index contributed by atoms with van der Waals surface area (Å²) in [6.45, 7) is 4.75. The predicted molar refractivity (Wildman–Crippen MR) is 93.8 cm³/mol. The Labute approximate surface area is 146 Å². The highest BCUT2D eigenvalue weighted by Crippen LogP contribution is 2.35. The van der Waals surface area contributed by atoms with Crippen molar-refractivity contribution >= 4 is 27.3 Å². The minimum Gasteiger partial charge on any atom is -0.486 e. The molecule has 0 radical (unpaired) electrons. The van der Waals surface area contributed by atoms with Gasteiger partial charge in [0.1, 0.15) is 13.2 Å². The summed E-state index contributed by atoms with van der Waals surface area (Å²) in [5.74, 6) is 1.00. The van der Waals surface area contributed by atoms with E-state index in [1.54, 1.807) is 38.1 Å². The monoisotopic (exact) mass is 367 g/mol. The minimum atomic E-state index is -3.74. The molecule has 0 N–H and O–H groups in total. The first-order chi connectivity index (χ1) is 11.4. The molecule has 0 saturated heterocycles. The molecule has 1 aliphatic heterocycles. The summed E-state index contributed by atoms with van der Waals surface area (Å²) in [6.07, 6.45) is 0. The molecule has 5 nitrogen and oxygen atoms in total. The third-order valence-corrected chi connectivity index (χ3v) is 6.19. The number of hydrogen-bond donors (Lipinski definition) is 0. The third-order valence-electron chi connectivity index (χ3n) is 3.90. The Morgan fingerprint density at radius 3 is 2.54 bits per heavy atom. The van der Waals surface area contributed by atoms with Crippen LogP contribution in [0.1, 0.15) is 12.5 Å². The molecule has 1 heterocycles. The van der Waals surface area contributed by atoms with Crippen molar-refractivity contribution in [2.45, 2.75) is 18.7 Å². The maximum absolute atomic E-state index is 13.1. The second-order valence-corrected chi connectivity index (χ2v) is 7.63. The van der Waals surface area contributed by atoms with Crippen LogP contribution < -0.4 is 13.8 Å². The predicted octanol–water partition coefficient (Wildman–Crippen LogP) is 3.63. The molecule has 0 saturated carbocycles. The molecule has 7 heteroatoms. The van der Waals surface area contributed by atoms with Crippen molar-refractivity contribution in [3.05, 3.63) is 47.0 Å². The molecular formula is C17H18ClNO4S. The van der Waals surface area contributed by atoms with Gasteiger partial charge >= 0.3 is 0 Å². The van der Waals surface area contributed by atoms with Crippen LogP contribution in [0.2, 0.25) is 5.02 Å². The Bertz CT molecular complexity index is 867. The van der Waals surface area contributed by atoms with E-state index in [0.717, 1.165) is 5.56 Å². The highest BCUT2D eigenvalue weighted by molar-refractivity contribution is 7.92. The Morgan fingerprint density at radius 1 is 1.12 bits per heavy atom. The van der Waals surface area contributed by atoms with Crippen LogP contribution in [0.25, 0.3) is 0 Å². The first-order valence-corrected chi connectivity index (χ1v) is 9.44. The number of benzene rings is 2. The van der Waals surface area contributed by atoms with Gasteiger partial charge in [0.2, 0.25) is 0 Å². The Balaban J connectivity index is 2.06. The van der Waals surface area contributed by atoms with E-state index in [4.69, 9.17) is 21.1 Å². The molecule has 2 aromatic carbocycles. The van der Waals surface area contributed by atoms with Crippen molar-refractivity contribution in [1.29, 1.82) is 0 Å². The first kappa shape index (κ1) is 16.9. The number of ether oxygens (including phenoxy) is 2. The molecule has 0 unspecified atom stereocenters. The van der Waals surface area contributed by atoms with Crippen LogP contribution in [-0.2, 0) is 10.0 Å². The van der Waals surface area contributed by atoms with Crippen LogP contribution in [0, 0.1) is 6.92 Å². The van der Waals surface area contributed by atoms with Gasteiger partial charge in [-0.25, -0.2) is 8.42 Å². The highest BCUT2D eigenvalue weighted by Gasteiger charge is 2.27. The van der Waals surface area contributed by atoms with E-state index in [9.17, 15) is 8.42 Å². The van der Waals surface area contributed by atoms with Crippen LogP contribution in [0.5, 0.6) is 11.5 Å². The quantitative estimate of drug-likeness (QED) is 0.828. The molecule has 0 fully saturated rings. The fourth-order valence-electron chi connectivity index (χ4n) is 2.65. The summed E-state index contributed by atoms with van der Waals surface area (Å²) >= 11 is 6.15. The van der Waals surface area contributed by atoms with Gasteiger partial charge in [-0.15, -0.1) is 0 Å². The molecule has 0 amide bonds. The molecule has 2 aromatic rings. The van der Waals surface area contributed by atoms with E-state index in [2.05, 4.69) is 0 Å². The maximum Gasteiger partial charge on any atom is 0.264 e. The van der Waals surface area contributed by atoms with Gasteiger partial charge in [0.25, 0.3) is 10.0 Å². The summed E-state index contributed by atoms with van der Waals surface area (Å²) in [6, 6.07) is 9.90. The second kappa shape index (κ2) is 6.53. The van der Waals surface area contributed by atoms with E-state index in [0.29, 0.717) is 35.4 Å². The Hall–Kier alpha value is -1.92. The summed E-state index contributed by atoms with van der Waals surface area (Å²) in [7, 11) is -3.74. The number of anilines is 1. The van der Waals surface area contributed by atoms with Crippen LogP contribution in [-0.4, -0.2) is 28.2 Å². The van der Waals surface area contributed by atoms with Crippen molar-refractivity contribution < 1.29 is 17.9 Å². The largest absolute Gasteiger partial charge is 0.486 e. The van der Waals surface area contributed by atoms with E-state index in [1.165, 1.54) is 16.4 Å². The van der Waals surface area contributed by atoms with Crippen LogP contribution in [0.4, 0.5) is 5.69 Å². The number of hydrogen-bond acceptors (Lipinski definition) is 4. The zero-order valence-electron chi connectivity index (χ0n) is 13.5. The average molecular weight is 368 g/mol. The SMILES string of the molecule is CCN(c1cccc(Cl)c1C)S(=O)(=O)c1ccc2c(c1)OCCO2. The van der Waals surface area contributed by atoms with Gasteiger partial charge in [-0.05, 0) is 43.7 Å². The lowest BCUT2D eigenvalue weighted by molar-refractivity contribution is 0.171. The van der Waals surface area contributed by atoms with E-state index in [-0.39, 0.29) is 11.4 Å². The van der Waals surface area contributed by atoms with E-state index >= 15 is 0 Å². The van der Waals surface area contributed by atoms with Gasteiger partial charge in [-0.3, -0.25) is 4.31 Å². The molecular weight excluding hydrogens is 350 g/mol. The van der Waals surface area contributed by atoms with Gasteiger partial charge in [0.15, 0.2) is 11.5 Å². The van der Waals surface area contributed by atoms with Gasteiger partial charge < -0.3 is 9.47 Å².